The number of carbonyl (C=O) groups excluding carboxylic acids is 1. The summed E-state index contributed by atoms with van der Waals surface area (Å²) in [5.74, 6) is -0.239. The Morgan fingerprint density at radius 3 is 2.85 bits per heavy atom. The molecule has 1 amide bonds. The van der Waals surface area contributed by atoms with Crippen molar-refractivity contribution < 1.29 is 14.3 Å². The Labute approximate surface area is 121 Å². The summed E-state index contributed by atoms with van der Waals surface area (Å²) in [5, 5.41) is 3.33. The number of halogens is 1. The zero-order valence-corrected chi connectivity index (χ0v) is 12.3. The third-order valence-electron chi connectivity index (χ3n) is 2.93. The van der Waals surface area contributed by atoms with Crippen LogP contribution in [0.25, 0.3) is 5.65 Å². The van der Waals surface area contributed by atoms with Gasteiger partial charge in [0.1, 0.15) is 11.3 Å². The van der Waals surface area contributed by atoms with Crippen LogP contribution in [0.1, 0.15) is 16.2 Å². The molecule has 2 aromatic heterocycles. The molecule has 6 nitrogen and oxygen atoms in total. The van der Waals surface area contributed by atoms with Gasteiger partial charge in [0.15, 0.2) is 6.29 Å². The maximum absolute atomic E-state index is 12.2. The van der Waals surface area contributed by atoms with Crippen LogP contribution >= 0.6 is 11.6 Å². The average Bonchev–Trinajstić information content (AvgIpc) is 2.74. The number of nitrogens with zero attached hydrogens (tertiary/aromatic N) is 2. The van der Waals surface area contributed by atoms with Gasteiger partial charge in [-0.1, -0.05) is 11.6 Å². The van der Waals surface area contributed by atoms with Gasteiger partial charge < -0.3 is 14.8 Å². The fourth-order valence-electron chi connectivity index (χ4n) is 1.93. The number of carbonyl (C=O) groups is 1. The van der Waals surface area contributed by atoms with Crippen LogP contribution in [0.3, 0.4) is 0 Å². The topological polar surface area (TPSA) is 64.9 Å². The number of amides is 1. The molecule has 0 aliphatic heterocycles. The van der Waals surface area contributed by atoms with E-state index < -0.39 is 6.29 Å². The quantitative estimate of drug-likeness (QED) is 0.852. The molecule has 2 aromatic rings. The van der Waals surface area contributed by atoms with E-state index in [2.05, 4.69) is 10.3 Å². The van der Waals surface area contributed by atoms with Crippen molar-refractivity contribution in [2.75, 3.05) is 20.8 Å². The molecule has 0 aliphatic rings. The Morgan fingerprint density at radius 1 is 1.50 bits per heavy atom. The van der Waals surface area contributed by atoms with Crippen molar-refractivity contribution in [3.8, 4) is 0 Å². The molecule has 7 heteroatoms. The van der Waals surface area contributed by atoms with Crippen molar-refractivity contribution in [3.63, 3.8) is 0 Å². The minimum Gasteiger partial charge on any atom is -0.354 e. The second-order valence-corrected chi connectivity index (χ2v) is 4.67. The SMILES string of the molecule is COC(CNC(=O)c1c(C)nc2cc(Cl)ccn12)OC. The van der Waals surface area contributed by atoms with E-state index in [0.717, 1.165) is 0 Å². The van der Waals surface area contributed by atoms with Crippen LogP contribution in [-0.2, 0) is 9.47 Å². The first-order chi connectivity index (χ1) is 9.56. The van der Waals surface area contributed by atoms with Crippen LogP contribution in [0.15, 0.2) is 18.3 Å². The standard InChI is InChI=1S/C13H16ClN3O3/c1-8-12(13(18)15-7-11(19-2)20-3)17-5-4-9(14)6-10(17)16-8/h4-6,11H,7H2,1-3H3,(H,15,18). The van der Waals surface area contributed by atoms with Crippen LogP contribution < -0.4 is 5.32 Å². The fraction of sp³-hybridized carbons (Fsp3) is 0.385. The number of nitrogens with one attached hydrogen (secondary N) is 1. The van der Waals surface area contributed by atoms with E-state index in [-0.39, 0.29) is 12.5 Å². The van der Waals surface area contributed by atoms with Crippen LogP contribution in [0.5, 0.6) is 0 Å². The normalized spacial score (nSPS) is 11.2. The molecule has 2 rings (SSSR count). The minimum absolute atomic E-state index is 0.239. The molecule has 108 valence electrons. The number of methoxy groups -OCH3 is 2. The number of aryl methyl sites for hydroxylation is 1. The van der Waals surface area contributed by atoms with Gasteiger partial charge in [0.25, 0.3) is 5.91 Å². The van der Waals surface area contributed by atoms with Gasteiger partial charge in [-0.3, -0.25) is 9.20 Å². The third-order valence-corrected chi connectivity index (χ3v) is 3.17. The maximum atomic E-state index is 12.2. The predicted molar refractivity (Wildman–Crippen MR) is 75.1 cm³/mol. The van der Waals surface area contributed by atoms with E-state index in [1.54, 1.807) is 29.7 Å². The average molecular weight is 298 g/mol. The lowest BCUT2D eigenvalue weighted by Gasteiger charge is -2.14. The largest absolute Gasteiger partial charge is 0.354 e. The van der Waals surface area contributed by atoms with Crippen molar-refractivity contribution in [2.24, 2.45) is 0 Å². The van der Waals surface area contributed by atoms with Crippen molar-refractivity contribution in [1.82, 2.24) is 14.7 Å². The molecule has 1 N–H and O–H groups in total. The lowest BCUT2D eigenvalue weighted by atomic mass is 10.3. The monoisotopic (exact) mass is 297 g/mol. The number of hydrogen-bond acceptors (Lipinski definition) is 4. The number of aromatic nitrogens is 2. The second kappa shape index (κ2) is 6.21. The van der Waals surface area contributed by atoms with Crippen molar-refractivity contribution in [2.45, 2.75) is 13.2 Å². The summed E-state index contributed by atoms with van der Waals surface area (Å²) < 4.78 is 11.7. The lowest BCUT2D eigenvalue weighted by Crippen LogP contribution is -2.35. The number of rotatable bonds is 5. The molecule has 0 aromatic carbocycles. The van der Waals surface area contributed by atoms with Crippen molar-refractivity contribution in [3.05, 3.63) is 34.7 Å². The van der Waals surface area contributed by atoms with E-state index >= 15 is 0 Å². The Kier molecular flexibility index (Phi) is 4.59. The third kappa shape index (κ3) is 2.92. The Hall–Kier alpha value is -1.63. The highest BCUT2D eigenvalue weighted by Crippen LogP contribution is 2.16. The van der Waals surface area contributed by atoms with Crippen LogP contribution in [0, 0.1) is 6.92 Å². The summed E-state index contributed by atoms with van der Waals surface area (Å²) in [7, 11) is 3.03. The Morgan fingerprint density at radius 2 is 2.20 bits per heavy atom. The summed E-state index contributed by atoms with van der Waals surface area (Å²) in [6.45, 7) is 2.03. The molecule has 0 saturated heterocycles. The van der Waals surface area contributed by atoms with Crippen molar-refractivity contribution in [1.29, 1.82) is 0 Å². The van der Waals surface area contributed by atoms with E-state index in [9.17, 15) is 4.79 Å². The molecule has 0 unspecified atom stereocenters. The molecule has 0 aliphatic carbocycles. The van der Waals surface area contributed by atoms with Gasteiger partial charge in [-0.25, -0.2) is 4.98 Å². The summed E-state index contributed by atoms with van der Waals surface area (Å²) >= 11 is 5.91. The van der Waals surface area contributed by atoms with E-state index in [4.69, 9.17) is 21.1 Å². The van der Waals surface area contributed by atoms with E-state index in [1.807, 2.05) is 0 Å². The number of ether oxygens (including phenoxy) is 2. The van der Waals surface area contributed by atoms with Crippen molar-refractivity contribution >= 4 is 23.2 Å². The first-order valence-corrected chi connectivity index (χ1v) is 6.42. The molecular weight excluding hydrogens is 282 g/mol. The predicted octanol–water partition coefficient (Wildman–Crippen LogP) is 1.64. The zero-order valence-electron chi connectivity index (χ0n) is 11.5. The minimum atomic E-state index is -0.479. The van der Waals surface area contributed by atoms with Gasteiger partial charge >= 0.3 is 0 Å². The lowest BCUT2D eigenvalue weighted by molar-refractivity contribution is -0.0974. The van der Waals surface area contributed by atoms with Gasteiger partial charge in [0, 0.05) is 31.5 Å². The molecule has 20 heavy (non-hydrogen) atoms. The van der Waals surface area contributed by atoms with Gasteiger partial charge in [-0.2, -0.15) is 0 Å². The van der Waals surface area contributed by atoms with Crippen LogP contribution in [0.2, 0.25) is 5.02 Å². The Bertz CT molecular complexity index is 623. The van der Waals surface area contributed by atoms with Gasteiger partial charge in [-0.15, -0.1) is 0 Å². The summed E-state index contributed by atoms with van der Waals surface area (Å²) in [6, 6.07) is 3.41. The molecular formula is C13H16ClN3O3. The maximum Gasteiger partial charge on any atom is 0.270 e. The zero-order chi connectivity index (χ0) is 14.7. The summed E-state index contributed by atoms with van der Waals surface area (Å²) in [4.78, 5) is 16.6. The van der Waals surface area contributed by atoms with Gasteiger partial charge in [0.05, 0.1) is 12.2 Å². The molecule has 2 heterocycles. The Balaban J connectivity index is 2.24. The molecule has 0 radical (unpaired) electrons. The number of fused-ring (bicyclic) bond motifs is 1. The smallest absolute Gasteiger partial charge is 0.270 e. The highest BCUT2D eigenvalue weighted by atomic mass is 35.5. The molecule has 0 spiro atoms. The summed E-state index contributed by atoms with van der Waals surface area (Å²) in [6.07, 6.45) is 1.24. The van der Waals surface area contributed by atoms with Gasteiger partial charge in [0.2, 0.25) is 0 Å². The molecule has 0 fully saturated rings. The number of pyridine rings is 1. The fourth-order valence-corrected chi connectivity index (χ4v) is 2.09. The molecule has 0 saturated carbocycles. The first-order valence-electron chi connectivity index (χ1n) is 6.04. The highest BCUT2D eigenvalue weighted by molar-refractivity contribution is 6.30. The first kappa shape index (κ1) is 14.8. The number of imidazole rings is 1. The van der Waals surface area contributed by atoms with E-state index in [1.165, 1.54) is 14.2 Å². The van der Waals surface area contributed by atoms with Crippen LogP contribution in [0.4, 0.5) is 0 Å². The van der Waals surface area contributed by atoms with Crippen LogP contribution in [-0.4, -0.2) is 42.3 Å². The molecule has 0 atom stereocenters. The highest BCUT2D eigenvalue weighted by Gasteiger charge is 2.17. The number of hydrogen-bond donors (Lipinski definition) is 1. The summed E-state index contributed by atoms with van der Waals surface area (Å²) in [5.41, 5.74) is 1.74. The second-order valence-electron chi connectivity index (χ2n) is 4.23. The molecule has 0 bridgehead atoms. The van der Waals surface area contributed by atoms with Gasteiger partial charge in [-0.05, 0) is 13.0 Å². The van der Waals surface area contributed by atoms with E-state index in [0.29, 0.717) is 22.1 Å².